The van der Waals surface area contributed by atoms with Crippen molar-refractivity contribution in [2.75, 3.05) is 0 Å². The molecule has 2 rings (SSSR count). The van der Waals surface area contributed by atoms with E-state index in [0.717, 1.165) is 0 Å². The molecule has 1 aromatic carbocycles. The van der Waals surface area contributed by atoms with E-state index in [4.69, 9.17) is 0 Å². The number of hydrogen-bond acceptors (Lipinski definition) is 0. The van der Waals surface area contributed by atoms with Gasteiger partial charge >= 0.3 is 0 Å². The summed E-state index contributed by atoms with van der Waals surface area (Å²) in [6, 6.07) is 11.6. The fourth-order valence-corrected chi connectivity index (χ4v) is 4.27. The van der Waals surface area contributed by atoms with Gasteiger partial charge in [0, 0.05) is 5.92 Å². The van der Waals surface area contributed by atoms with Crippen LogP contribution in [-0.2, 0) is 6.42 Å². The highest BCUT2D eigenvalue weighted by Crippen LogP contribution is 2.26. The lowest BCUT2D eigenvalue weighted by Crippen LogP contribution is -2.42. The van der Waals surface area contributed by atoms with Crippen LogP contribution in [0.15, 0.2) is 49.1 Å². The molecule has 27 heavy (non-hydrogen) atoms. The maximum atomic E-state index is 3.25. The summed E-state index contributed by atoms with van der Waals surface area (Å²) in [4.78, 5) is 3.25. The first-order valence-electron chi connectivity index (χ1n) is 11.4. The third-order valence-electron chi connectivity index (χ3n) is 5.96. The molecule has 0 aliphatic carbocycles. The minimum absolute atomic E-state index is 0.603. The normalized spacial score (nSPS) is 13.6. The summed E-state index contributed by atoms with van der Waals surface area (Å²) in [5, 5.41) is 0. The largest absolute Gasteiger partial charge is 0.250 e. The van der Waals surface area contributed by atoms with Crippen LogP contribution in [0.3, 0.4) is 0 Å². The minimum atomic E-state index is 0.603. The van der Waals surface area contributed by atoms with Crippen LogP contribution < -0.4 is 4.57 Å². The summed E-state index contributed by atoms with van der Waals surface area (Å²) in [7, 11) is 0. The van der Waals surface area contributed by atoms with Gasteiger partial charge in [-0.1, -0.05) is 95.5 Å². The molecule has 2 nitrogen and oxygen atoms in total. The van der Waals surface area contributed by atoms with Gasteiger partial charge in [-0.3, -0.25) is 4.98 Å². The lowest BCUT2D eigenvalue weighted by molar-refractivity contribution is -0.730. The van der Waals surface area contributed by atoms with Gasteiger partial charge in [-0.05, 0) is 31.2 Å². The number of H-pyrrole nitrogens is 1. The van der Waals surface area contributed by atoms with Gasteiger partial charge in [0.2, 0.25) is 6.33 Å². The lowest BCUT2D eigenvalue weighted by atomic mass is 9.86. The summed E-state index contributed by atoms with van der Waals surface area (Å²) < 4.78 is 2.42. The van der Waals surface area contributed by atoms with Crippen LogP contribution in [0, 0.1) is 5.92 Å². The highest BCUT2D eigenvalue weighted by atomic mass is 15.1. The Balaban J connectivity index is 1.78. The zero-order chi connectivity index (χ0) is 19.2. The SMILES string of the molecule is CCCCCCCCCCCC(C(CC)Cc1ccccc1)[n+]1cc[nH]c1. The maximum Gasteiger partial charge on any atom is 0.241 e. The van der Waals surface area contributed by atoms with E-state index in [9.17, 15) is 0 Å². The Morgan fingerprint density at radius 1 is 0.852 bits per heavy atom. The summed E-state index contributed by atoms with van der Waals surface area (Å²) in [6.07, 6.45) is 22.7. The monoisotopic (exact) mass is 369 g/mol. The number of unbranched alkanes of at least 4 members (excludes halogenated alkanes) is 8. The summed E-state index contributed by atoms with van der Waals surface area (Å²) in [6.45, 7) is 4.64. The van der Waals surface area contributed by atoms with Crippen molar-refractivity contribution in [1.82, 2.24) is 4.98 Å². The number of benzene rings is 1. The van der Waals surface area contributed by atoms with E-state index in [-0.39, 0.29) is 0 Å². The zero-order valence-electron chi connectivity index (χ0n) is 17.7. The molecule has 0 radical (unpaired) electrons. The molecule has 1 aromatic heterocycles. The molecular formula is C25H41N2+. The number of nitrogens with zero attached hydrogens (tertiary/aromatic N) is 1. The number of aromatic nitrogens is 2. The molecule has 1 N–H and O–H groups in total. The molecule has 0 saturated carbocycles. The van der Waals surface area contributed by atoms with Crippen molar-refractivity contribution in [3.05, 3.63) is 54.6 Å². The predicted molar refractivity (Wildman–Crippen MR) is 116 cm³/mol. The van der Waals surface area contributed by atoms with E-state index in [2.05, 4.69) is 72.5 Å². The zero-order valence-corrected chi connectivity index (χ0v) is 17.7. The van der Waals surface area contributed by atoms with Gasteiger partial charge in [-0.25, -0.2) is 4.57 Å². The van der Waals surface area contributed by atoms with E-state index >= 15 is 0 Å². The molecule has 2 heteroatoms. The lowest BCUT2D eigenvalue weighted by Gasteiger charge is -2.24. The molecule has 2 atom stereocenters. The summed E-state index contributed by atoms with van der Waals surface area (Å²) >= 11 is 0. The first-order chi connectivity index (χ1) is 13.3. The molecule has 0 amide bonds. The van der Waals surface area contributed by atoms with Crippen LogP contribution in [0.25, 0.3) is 0 Å². The van der Waals surface area contributed by atoms with E-state index in [1.165, 1.54) is 82.6 Å². The molecule has 150 valence electrons. The molecule has 0 spiro atoms. The average Bonchev–Trinajstić information content (AvgIpc) is 3.23. The van der Waals surface area contributed by atoms with Crippen LogP contribution >= 0.6 is 0 Å². The third-order valence-corrected chi connectivity index (χ3v) is 5.96. The smallest absolute Gasteiger partial charge is 0.241 e. The Bertz CT molecular complexity index is 561. The second-order valence-corrected chi connectivity index (χ2v) is 8.10. The Morgan fingerprint density at radius 2 is 1.52 bits per heavy atom. The maximum absolute atomic E-state index is 3.25. The molecule has 2 aromatic rings. The van der Waals surface area contributed by atoms with Crippen LogP contribution in [0.2, 0.25) is 0 Å². The summed E-state index contributed by atoms with van der Waals surface area (Å²) in [5.41, 5.74) is 1.47. The van der Waals surface area contributed by atoms with E-state index in [0.29, 0.717) is 12.0 Å². The molecule has 1 heterocycles. The standard InChI is InChI=1S/C25H40N2/c1-3-5-6-7-8-9-10-11-15-18-25(27-20-19-26-22-27)24(4-2)21-23-16-13-12-14-17-23/h12-14,16-17,19-20,22,24-25H,3-11,15,18,21H2,1-2H3/p+1. The average molecular weight is 370 g/mol. The first kappa shape index (κ1) is 21.7. The van der Waals surface area contributed by atoms with Crippen molar-refractivity contribution in [2.45, 2.75) is 96.9 Å². The number of hydrogen-bond donors (Lipinski definition) is 1. The van der Waals surface area contributed by atoms with Crippen molar-refractivity contribution >= 4 is 0 Å². The Morgan fingerprint density at radius 3 is 2.11 bits per heavy atom. The van der Waals surface area contributed by atoms with Gasteiger partial charge in [0.15, 0.2) is 0 Å². The number of rotatable bonds is 15. The first-order valence-corrected chi connectivity index (χ1v) is 11.4. The quantitative estimate of drug-likeness (QED) is 0.257. The van der Waals surface area contributed by atoms with Gasteiger partial charge in [0.1, 0.15) is 18.4 Å². The highest BCUT2D eigenvalue weighted by molar-refractivity contribution is 5.15. The van der Waals surface area contributed by atoms with Crippen molar-refractivity contribution in [2.24, 2.45) is 5.92 Å². The molecule has 2 unspecified atom stereocenters. The van der Waals surface area contributed by atoms with Crippen molar-refractivity contribution in [3.63, 3.8) is 0 Å². The van der Waals surface area contributed by atoms with Gasteiger partial charge in [-0.2, -0.15) is 0 Å². The molecule has 0 fully saturated rings. The molecular weight excluding hydrogens is 328 g/mol. The fourth-order valence-electron chi connectivity index (χ4n) is 4.27. The second-order valence-electron chi connectivity index (χ2n) is 8.10. The minimum Gasteiger partial charge on any atom is -0.250 e. The second kappa shape index (κ2) is 13.6. The Labute approximate surface area is 167 Å². The Kier molecular flexibility index (Phi) is 10.9. The number of imidazole rings is 1. The molecule has 0 aliphatic heterocycles. The number of aromatic amines is 1. The van der Waals surface area contributed by atoms with Gasteiger partial charge in [0.25, 0.3) is 0 Å². The van der Waals surface area contributed by atoms with E-state index in [1.54, 1.807) is 0 Å². The molecule has 0 saturated heterocycles. The predicted octanol–water partition coefficient (Wildman–Crippen LogP) is 7.03. The van der Waals surface area contributed by atoms with Gasteiger partial charge in [0.05, 0.1) is 0 Å². The van der Waals surface area contributed by atoms with E-state index < -0.39 is 0 Å². The Hall–Kier alpha value is -1.57. The van der Waals surface area contributed by atoms with Gasteiger partial charge in [-0.15, -0.1) is 0 Å². The van der Waals surface area contributed by atoms with Crippen molar-refractivity contribution in [1.29, 1.82) is 0 Å². The topological polar surface area (TPSA) is 19.7 Å². The number of nitrogens with one attached hydrogen (secondary N) is 1. The van der Waals surface area contributed by atoms with Crippen molar-refractivity contribution in [3.8, 4) is 0 Å². The van der Waals surface area contributed by atoms with Crippen LogP contribution in [0.1, 0.15) is 96.1 Å². The van der Waals surface area contributed by atoms with Crippen LogP contribution in [0.4, 0.5) is 0 Å². The molecule has 0 aliphatic rings. The van der Waals surface area contributed by atoms with Crippen LogP contribution in [-0.4, -0.2) is 4.98 Å². The molecule has 0 bridgehead atoms. The van der Waals surface area contributed by atoms with Crippen LogP contribution in [0.5, 0.6) is 0 Å². The van der Waals surface area contributed by atoms with Crippen molar-refractivity contribution < 1.29 is 4.57 Å². The summed E-state index contributed by atoms with van der Waals surface area (Å²) in [5.74, 6) is 0.697. The highest BCUT2D eigenvalue weighted by Gasteiger charge is 2.25. The fraction of sp³-hybridized carbons (Fsp3) is 0.640. The van der Waals surface area contributed by atoms with E-state index in [1.807, 2.05) is 0 Å². The third kappa shape index (κ3) is 8.32. The van der Waals surface area contributed by atoms with Gasteiger partial charge < -0.3 is 0 Å².